The number of ether oxygens (including phenoxy) is 3. The first-order valence-electron chi connectivity index (χ1n) is 9.26. The zero-order chi connectivity index (χ0) is 21.7. The Hall–Kier alpha value is -2.77. The number of hydrogen-bond acceptors (Lipinski definition) is 6. The van der Waals surface area contributed by atoms with Crippen molar-refractivity contribution in [2.75, 3.05) is 34.4 Å². The predicted molar refractivity (Wildman–Crippen MR) is 119 cm³/mol. The number of likely N-dealkylation sites (N-methyl/N-ethyl adjacent to an activating group) is 1. The first-order chi connectivity index (χ1) is 14.4. The molecular weight excluding hydrogens is 424 g/mol. The smallest absolute Gasteiger partial charge is 0.265 e. The fraction of sp³-hybridized carbons (Fsp3) is 0.273. The zero-order valence-corrected chi connectivity index (χ0v) is 18.8. The van der Waals surface area contributed by atoms with E-state index in [0.717, 1.165) is 10.6 Å². The molecule has 1 heterocycles. The summed E-state index contributed by atoms with van der Waals surface area (Å²) in [6, 6.07) is 12.8. The minimum Gasteiger partial charge on any atom is -0.493 e. The minimum absolute atomic E-state index is 0.0913. The van der Waals surface area contributed by atoms with Crippen LogP contribution in [0, 0.1) is 6.92 Å². The Balaban J connectivity index is 1.68. The van der Waals surface area contributed by atoms with E-state index in [9.17, 15) is 4.79 Å². The largest absolute Gasteiger partial charge is 0.493 e. The van der Waals surface area contributed by atoms with Crippen molar-refractivity contribution in [3.63, 3.8) is 0 Å². The first kappa shape index (κ1) is 21.9. The van der Waals surface area contributed by atoms with Gasteiger partial charge < -0.3 is 19.1 Å². The van der Waals surface area contributed by atoms with E-state index in [1.165, 1.54) is 11.3 Å². The van der Waals surface area contributed by atoms with Crippen molar-refractivity contribution < 1.29 is 19.0 Å². The van der Waals surface area contributed by atoms with Crippen molar-refractivity contribution in [1.29, 1.82) is 0 Å². The van der Waals surface area contributed by atoms with Crippen molar-refractivity contribution in [2.24, 2.45) is 0 Å². The lowest BCUT2D eigenvalue weighted by Gasteiger charge is -2.17. The molecule has 0 bridgehead atoms. The van der Waals surface area contributed by atoms with Gasteiger partial charge in [-0.3, -0.25) is 4.79 Å². The molecule has 3 aromatic rings. The van der Waals surface area contributed by atoms with E-state index in [1.54, 1.807) is 38.3 Å². The monoisotopic (exact) mass is 446 g/mol. The summed E-state index contributed by atoms with van der Waals surface area (Å²) in [6.45, 7) is 2.64. The number of rotatable bonds is 8. The molecule has 0 spiro atoms. The molecule has 0 atom stereocenters. The van der Waals surface area contributed by atoms with Crippen LogP contribution in [0.15, 0.2) is 42.5 Å². The number of amides is 1. The molecule has 0 radical (unpaired) electrons. The van der Waals surface area contributed by atoms with Crippen LogP contribution in [0.5, 0.6) is 17.2 Å². The highest BCUT2D eigenvalue weighted by Gasteiger charge is 2.20. The summed E-state index contributed by atoms with van der Waals surface area (Å²) < 4.78 is 16.3. The SMILES string of the molecule is COc1ccc(-c2nc(C)c(C(=O)N(C)CCOc3cccc(Cl)c3)s2)cc1OC. The van der Waals surface area contributed by atoms with Gasteiger partial charge in [-0.25, -0.2) is 4.98 Å². The number of methoxy groups -OCH3 is 2. The van der Waals surface area contributed by atoms with Gasteiger partial charge in [0.15, 0.2) is 11.5 Å². The van der Waals surface area contributed by atoms with Gasteiger partial charge in [-0.15, -0.1) is 11.3 Å². The van der Waals surface area contributed by atoms with E-state index in [1.807, 2.05) is 37.3 Å². The highest BCUT2D eigenvalue weighted by molar-refractivity contribution is 7.17. The van der Waals surface area contributed by atoms with E-state index in [4.69, 9.17) is 25.8 Å². The molecule has 158 valence electrons. The van der Waals surface area contributed by atoms with Gasteiger partial charge in [0, 0.05) is 17.6 Å². The van der Waals surface area contributed by atoms with Crippen LogP contribution in [0.3, 0.4) is 0 Å². The van der Waals surface area contributed by atoms with Gasteiger partial charge in [-0.1, -0.05) is 17.7 Å². The fourth-order valence-electron chi connectivity index (χ4n) is 2.82. The second-order valence-corrected chi connectivity index (χ2v) is 7.97. The number of carbonyl (C=O) groups excluding carboxylic acids is 1. The molecule has 0 saturated heterocycles. The van der Waals surface area contributed by atoms with Gasteiger partial charge in [0.25, 0.3) is 5.91 Å². The second-order valence-electron chi connectivity index (χ2n) is 6.54. The highest BCUT2D eigenvalue weighted by Crippen LogP contribution is 2.35. The molecule has 0 saturated carbocycles. The van der Waals surface area contributed by atoms with E-state index in [0.29, 0.717) is 46.0 Å². The number of halogens is 1. The van der Waals surface area contributed by atoms with Crippen LogP contribution >= 0.6 is 22.9 Å². The van der Waals surface area contributed by atoms with Gasteiger partial charge in [0.05, 0.1) is 26.5 Å². The quantitative estimate of drug-likeness (QED) is 0.490. The maximum Gasteiger partial charge on any atom is 0.265 e. The average Bonchev–Trinajstić information content (AvgIpc) is 3.14. The Morgan fingerprint density at radius 1 is 1.13 bits per heavy atom. The lowest BCUT2D eigenvalue weighted by atomic mass is 10.2. The molecule has 3 rings (SSSR count). The third-order valence-electron chi connectivity index (χ3n) is 4.46. The molecular formula is C22H23ClN2O4S. The fourth-order valence-corrected chi connectivity index (χ4v) is 4.06. The van der Waals surface area contributed by atoms with Crippen LogP contribution in [-0.2, 0) is 0 Å². The van der Waals surface area contributed by atoms with Crippen LogP contribution in [0.25, 0.3) is 10.6 Å². The van der Waals surface area contributed by atoms with Crippen LogP contribution < -0.4 is 14.2 Å². The Bertz CT molecular complexity index is 1040. The van der Waals surface area contributed by atoms with E-state index >= 15 is 0 Å². The topological polar surface area (TPSA) is 60.9 Å². The number of benzene rings is 2. The Morgan fingerprint density at radius 3 is 2.60 bits per heavy atom. The number of nitrogens with zero attached hydrogens (tertiary/aromatic N) is 2. The van der Waals surface area contributed by atoms with Crippen LogP contribution in [0.4, 0.5) is 0 Å². The van der Waals surface area contributed by atoms with Gasteiger partial charge >= 0.3 is 0 Å². The molecule has 30 heavy (non-hydrogen) atoms. The second kappa shape index (κ2) is 9.82. The highest BCUT2D eigenvalue weighted by atomic mass is 35.5. The Morgan fingerprint density at radius 2 is 1.90 bits per heavy atom. The summed E-state index contributed by atoms with van der Waals surface area (Å²) in [5, 5.41) is 1.36. The van der Waals surface area contributed by atoms with Gasteiger partial charge in [-0.05, 0) is 43.3 Å². The maximum absolute atomic E-state index is 12.9. The molecule has 0 N–H and O–H groups in total. The number of aryl methyl sites for hydroxylation is 1. The van der Waals surface area contributed by atoms with Gasteiger partial charge in [-0.2, -0.15) is 0 Å². The summed E-state index contributed by atoms with van der Waals surface area (Å²) in [5.74, 6) is 1.84. The van der Waals surface area contributed by atoms with Gasteiger partial charge in [0.1, 0.15) is 22.2 Å². The molecule has 0 fully saturated rings. The van der Waals surface area contributed by atoms with Gasteiger partial charge in [0.2, 0.25) is 0 Å². The molecule has 0 aliphatic rings. The minimum atomic E-state index is -0.0913. The number of carbonyl (C=O) groups is 1. The molecule has 8 heteroatoms. The summed E-state index contributed by atoms with van der Waals surface area (Å²) in [7, 11) is 4.93. The number of thiazole rings is 1. The van der Waals surface area contributed by atoms with E-state index in [-0.39, 0.29) is 5.91 Å². The third kappa shape index (κ3) is 5.04. The number of hydrogen-bond donors (Lipinski definition) is 0. The molecule has 0 aliphatic carbocycles. The van der Waals surface area contributed by atoms with E-state index in [2.05, 4.69) is 4.98 Å². The molecule has 1 aromatic heterocycles. The van der Waals surface area contributed by atoms with Crippen molar-refractivity contribution in [1.82, 2.24) is 9.88 Å². The Kier molecular flexibility index (Phi) is 7.18. The first-order valence-corrected chi connectivity index (χ1v) is 10.5. The molecule has 1 amide bonds. The molecule has 0 unspecified atom stereocenters. The standard InChI is InChI=1S/C22H23ClN2O4S/c1-14-20(22(26)25(2)10-11-29-17-7-5-6-16(23)13-17)30-21(24-14)15-8-9-18(27-3)19(12-15)28-4/h5-9,12-13H,10-11H2,1-4H3. The molecule has 2 aromatic carbocycles. The maximum atomic E-state index is 12.9. The summed E-state index contributed by atoms with van der Waals surface area (Å²) in [4.78, 5) is 19.7. The lowest BCUT2D eigenvalue weighted by Crippen LogP contribution is -2.30. The van der Waals surface area contributed by atoms with Crippen LogP contribution in [0.1, 0.15) is 15.4 Å². The normalized spacial score (nSPS) is 10.6. The summed E-state index contributed by atoms with van der Waals surface area (Å²) >= 11 is 7.31. The van der Waals surface area contributed by atoms with Crippen molar-refractivity contribution in [3.8, 4) is 27.8 Å². The average molecular weight is 447 g/mol. The van der Waals surface area contributed by atoms with Crippen molar-refractivity contribution >= 4 is 28.8 Å². The molecule has 6 nitrogen and oxygen atoms in total. The Labute approximate surface area is 185 Å². The summed E-state index contributed by atoms with van der Waals surface area (Å²) in [5.41, 5.74) is 1.56. The van der Waals surface area contributed by atoms with Crippen LogP contribution in [0.2, 0.25) is 5.02 Å². The van der Waals surface area contributed by atoms with Crippen LogP contribution in [-0.4, -0.2) is 50.2 Å². The summed E-state index contributed by atoms with van der Waals surface area (Å²) in [6.07, 6.45) is 0. The van der Waals surface area contributed by atoms with Crippen molar-refractivity contribution in [3.05, 3.63) is 58.1 Å². The van der Waals surface area contributed by atoms with E-state index < -0.39 is 0 Å². The third-order valence-corrected chi connectivity index (χ3v) is 5.89. The lowest BCUT2D eigenvalue weighted by molar-refractivity contribution is 0.0777. The predicted octanol–water partition coefficient (Wildman–Crippen LogP) is 4.94. The van der Waals surface area contributed by atoms with Crippen molar-refractivity contribution in [2.45, 2.75) is 6.92 Å². The molecule has 0 aliphatic heterocycles. The number of aromatic nitrogens is 1. The zero-order valence-electron chi connectivity index (χ0n) is 17.3.